The second-order valence-electron chi connectivity index (χ2n) is 4.85. The molecule has 2 aromatic rings. The lowest BCUT2D eigenvalue weighted by Crippen LogP contribution is -2.31. The van der Waals surface area contributed by atoms with Gasteiger partial charge < -0.3 is 15.8 Å². The van der Waals surface area contributed by atoms with Crippen LogP contribution in [-0.4, -0.2) is 28.8 Å². The highest BCUT2D eigenvalue weighted by Crippen LogP contribution is 2.12. The maximum Gasteiger partial charge on any atom is 0.241 e. The molecule has 6 nitrogen and oxygen atoms in total. The van der Waals surface area contributed by atoms with Crippen molar-refractivity contribution in [3.63, 3.8) is 0 Å². The fourth-order valence-corrected chi connectivity index (χ4v) is 1.95. The minimum atomic E-state index is -0.0814. The molecule has 1 heterocycles. The van der Waals surface area contributed by atoms with Crippen molar-refractivity contribution < 1.29 is 9.53 Å². The summed E-state index contributed by atoms with van der Waals surface area (Å²) in [6.07, 6.45) is 0. The van der Waals surface area contributed by atoms with Crippen LogP contribution in [0.25, 0.3) is 0 Å². The van der Waals surface area contributed by atoms with Crippen molar-refractivity contribution in [3.05, 3.63) is 41.7 Å². The lowest BCUT2D eigenvalue weighted by molar-refractivity contribution is -0.122. The Morgan fingerprint density at radius 3 is 2.67 bits per heavy atom. The minimum Gasteiger partial charge on any atom is -0.492 e. The smallest absolute Gasteiger partial charge is 0.241 e. The molecule has 0 spiro atoms. The molecule has 1 amide bonds. The number of anilines is 1. The number of nitrogen functional groups attached to an aromatic ring is 1. The van der Waals surface area contributed by atoms with Gasteiger partial charge in [0.05, 0.1) is 12.2 Å². The van der Waals surface area contributed by atoms with Crippen LogP contribution in [0.2, 0.25) is 0 Å². The molecule has 1 aromatic heterocycles. The predicted molar refractivity (Wildman–Crippen MR) is 81.1 cm³/mol. The number of nitrogens with zero attached hydrogens (tertiary/aromatic N) is 2. The zero-order valence-corrected chi connectivity index (χ0v) is 12.3. The number of aryl methyl sites for hydroxylation is 2. The maximum atomic E-state index is 11.8. The van der Waals surface area contributed by atoms with Gasteiger partial charge in [0, 0.05) is 11.4 Å². The van der Waals surface area contributed by atoms with Crippen molar-refractivity contribution in [2.75, 3.05) is 18.9 Å². The number of carbonyl (C=O) groups excluding carboxylic acids is 1. The summed E-state index contributed by atoms with van der Waals surface area (Å²) < 4.78 is 7.18. The normalized spacial score (nSPS) is 10.4. The van der Waals surface area contributed by atoms with E-state index in [-0.39, 0.29) is 12.5 Å². The Morgan fingerprint density at radius 1 is 1.33 bits per heavy atom. The summed E-state index contributed by atoms with van der Waals surface area (Å²) >= 11 is 0. The Morgan fingerprint density at radius 2 is 2.05 bits per heavy atom. The lowest BCUT2D eigenvalue weighted by atomic mass is 10.3. The first kappa shape index (κ1) is 14.9. The number of nitrogens with two attached hydrogens (primary N) is 1. The Kier molecular flexibility index (Phi) is 4.81. The van der Waals surface area contributed by atoms with E-state index in [9.17, 15) is 4.79 Å². The van der Waals surface area contributed by atoms with Gasteiger partial charge in [-0.25, -0.2) is 0 Å². The first-order valence-corrected chi connectivity index (χ1v) is 6.80. The summed E-state index contributed by atoms with van der Waals surface area (Å²) in [6, 6.07) is 9.09. The van der Waals surface area contributed by atoms with Gasteiger partial charge >= 0.3 is 0 Å². The number of ether oxygens (including phenoxy) is 1. The van der Waals surface area contributed by atoms with Gasteiger partial charge in [-0.15, -0.1) is 0 Å². The number of amides is 1. The molecule has 0 aliphatic heterocycles. The zero-order valence-electron chi connectivity index (χ0n) is 12.3. The highest BCUT2D eigenvalue weighted by atomic mass is 16.5. The molecule has 0 atom stereocenters. The van der Waals surface area contributed by atoms with E-state index in [1.807, 2.05) is 19.9 Å². The fraction of sp³-hybridized carbons (Fsp3) is 0.333. The molecular formula is C15H20N4O2. The van der Waals surface area contributed by atoms with Crippen LogP contribution < -0.4 is 15.8 Å². The number of hydrogen-bond acceptors (Lipinski definition) is 4. The van der Waals surface area contributed by atoms with Crippen LogP contribution in [0, 0.1) is 13.8 Å². The second-order valence-corrected chi connectivity index (χ2v) is 4.85. The predicted octanol–water partition coefficient (Wildman–Crippen LogP) is 1.28. The van der Waals surface area contributed by atoms with E-state index in [2.05, 4.69) is 10.4 Å². The Hall–Kier alpha value is -2.50. The number of nitrogens with one attached hydrogen (secondary N) is 1. The summed E-state index contributed by atoms with van der Waals surface area (Å²) in [5, 5.41) is 7.05. The molecule has 6 heteroatoms. The van der Waals surface area contributed by atoms with E-state index in [1.165, 1.54) is 0 Å². The van der Waals surface area contributed by atoms with Crippen molar-refractivity contribution in [1.29, 1.82) is 0 Å². The number of carbonyl (C=O) groups is 1. The second kappa shape index (κ2) is 6.78. The average molecular weight is 288 g/mol. The van der Waals surface area contributed by atoms with Gasteiger partial charge in [-0.1, -0.05) is 0 Å². The standard InChI is InChI=1S/C15H20N4O2/c1-11-9-12(2)19(18-11)10-15(20)17-7-8-21-14-5-3-13(16)4-6-14/h3-6,9H,7-8,10,16H2,1-2H3,(H,17,20). The third-order valence-electron chi connectivity index (χ3n) is 2.97. The Bertz CT molecular complexity index is 605. The largest absolute Gasteiger partial charge is 0.492 e. The first-order chi connectivity index (χ1) is 10.0. The van der Waals surface area contributed by atoms with Gasteiger partial charge in [0.15, 0.2) is 0 Å². The van der Waals surface area contributed by atoms with Gasteiger partial charge in [-0.05, 0) is 44.2 Å². The van der Waals surface area contributed by atoms with Crippen LogP contribution in [0.1, 0.15) is 11.4 Å². The molecular weight excluding hydrogens is 268 g/mol. The third kappa shape index (κ3) is 4.52. The highest BCUT2D eigenvalue weighted by Gasteiger charge is 2.06. The molecule has 0 saturated carbocycles. The van der Waals surface area contributed by atoms with Gasteiger partial charge in [0.25, 0.3) is 0 Å². The van der Waals surface area contributed by atoms with Crippen molar-refractivity contribution in [2.45, 2.75) is 20.4 Å². The molecule has 112 valence electrons. The van der Waals surface area contributed by atoms with Crippen LogP contribution in [0.3, 0.4) is 0 Å². The Labute approximate surface area is 123 Å². The molecule has 0 bridgehead atoms. The average Bonchev–Trinajstić information content (AvgIpc) is 2.75. The van der Waals surface area contributed by atoms with Crippen molar-refractivity contribution >= 4 is 11.6 Å². The number of rotatable bonds is 6. The van der Waals surface area contributed by atoms with Crippen LogP contribution >= 0.6 is 0 Å². The van der Waals surface area contributed by atoms with Gasteiger partial charge in [0.1, 0.15) is 18.9 Å². The van der Waals surface area contributed by atoms with E-state index >= 15 is 0 Å². The van der Waals surface area contributed by atoms with E-state index in [0.717, 1.165) is 17.1 Å². The molecule has 3 N–H and O–H groups in total. The van der Waals surface area contributed by atoms with Gasteiger partial charge in [-0.3, -0.25) is 9.48 Å². The van der Waals surface area contributed by atoms with Crippen LogP contribution in [0.5, 0.6) is 5.75 Å². The van der Waals surface area contributed by atoms with Crippen molar-refractivity contribution in [2.24, 2.45) is 0 Å². The minimum absolute atomic E-state index is 0.0814. The van der Waals surface area contributed by atoms with Crippen molar-refractivity contribution in [3.8, 4) is 5.75 Å². The van der Waals surface area contributed by atoms with E-state index in [0.29, 0.717) is 18.8 Å². The highest BCUT2D eigenvalue weighted by molar-refractivity contribution is 5.75. The van der Waals surface area contributed by atoms with Crippen LogP contribution in [0.15, 0.2) is 30.3 Å². The van der Waals surface area contributed by atoms with Crippen LogP contribution in [0.4, 0.5) is 5.69 Å². The third-order valence-corrected chi connectivity index (χ3v) is 2.97. The lowest BCUT2D eigenvalue weighted by Gasteiger charge is -2.08. The zero-order chi connectivity index (χ0) is 15.2. The summed E-state index contributed by atoms with van der Waals surface area (Å²) in [4.78, 5) is 11.8. The summed E-state index contributed by atoms with van der Waals surface area (Å²) in [5.41, 5.74) is 8.16. The molecule has 0 aliphatic rings. The van der Waals surface area contributed by atoms with Gasteiger partial charge in [-0.2, -0.15) is 5.10 Å². The Balaban J connectivity index is 1.70. The molecule has 1 aromatic carbocycles. The fourth-order valence-electron chi connectivity index (χ4n) is 1.95. The quantitative estimate of drug-likeness (QED) is 0.619. The van der Waals surface area contributed by atoms with E-state index in [1.54, 1.807) is 28.9 Å². The topological polar surface area (TPSA) is 82.2 Å². The molecule has 21 heavy (non-hydrogen) atoms. The number of benzene rings is 1. The molecule has 0 radical (unpaired) electrons. The SMILES string of the molecule is Cc1cc(C)n(CC(=O)NCCOc2ccc(N)cc2)n1. The van der Waals surface area contributed by atoms with Crippen LogP contribution in [-0.2, 0) is 11.3 Å². The van der Waals surface area contributed by atoms with E-state index < -0.39 is 0 Å². The summed E-state index contributed by atoms with van der Waals surface area (Å²) in [5.74, 6) is 0.652. The summed E-state index contributed by atoms with van der Waals surface area (Å²) in [6.45, 7) is 4.91. The maximum absolute atomic E-state index is 11.8. The summed E-state index contributed by atoms with van der Waals surface area (Å²) in [7, 11) is 0. The molecule has 0 fully saturated rings. The molecule has 2 rings (SSSR count). The number of aromatic nitrogens is 2. The van der Waals surface area contributed by atoms with E-state index in [4.69, 9.17) is 10.5 Å². The molecule has 0 unspecified atom stereocenters. The first-order valence-electron chi connectivity index (χ1n) is 6.80. The monoisotopic (exact) mass is 288 g/mol. The van der Waals surface area contributed by atoms with Gasteiger partial charge in [0.2, 0.25) is 5.91 Å². The molecule has 0 saturated heterocycles. The van der Waals surface area contributed by atoms with Crippen molar-refractivity contribution in [1.82, 2.24) is 15.1 Å². The molecule has 0 aliphatic carbocycles. The number of hydrogen-bond donors (Lipinski definition) is 2.